The minimum atomic E-state index is -0.352. The molecule has 0 bridgehead atoms. The number of methoxy groups -OCH3 is 2. The highest BCUT2D eigenvalue weighted by atomic mass is 19.1. The summed E-state index contributed by atoms with van der Waals surface area (Å²) in [6.07, 6.45) is 0. The van der Waals surface area contributed by atoms with Crippen molar-refractivity contribution in [2.24, 2.45) is 0 Å². The molecule has 0 aliphatic rings. The van der Waals surface area contributed by atoms with Crippen LogP contribution in [0.5, 0.6) is 11.5 Å². The highest BCUT2D eigenvalue weighted by Crippen LogP contribution is 2.22. The standard InChI is InChI=1S/C18H16FN3O4/c1-24-14-7-12(8-15(9-14)25-2)17(23)20-10-16-21-18(26-22-16)11-3-5-13(19)6-4-11/h3-9H,10H2,1-2H3,(H,20,23). The lowest BCUT2D eigenvalue weighted by molar-refractivity contribution is 0.0949. The highest BCUT2D eigenvalue weighted by molar-refractivity contribution is 5.95. The number of amides is 1. The number of benzene rings is 2. The lowest BCUT2D eigenvalue weighted by atomic mass is 10.2. The van der Waals surface area contributed by atoms with Crippen molar-refractivity contribution < 1.29 is 23.2 Å². The van der Waals surface area contributed by atoms with Gasteiger partial charge in [0.1, 0.15) is 17.3 Å². The normalized spacial score (nSPS) is 10.4. The minimum Gasteiger partial charge on any atom is -0.497 e. The molecule has 1 amide bonds. The number of carbonyl (C=O) groups excluding carboxylic acids is 1. The zero-order valence-corrected chi connectivity index (χ0v) is 14.2. The maximum absolute atomic E-state index is 13.0. The molecule has 0 unspecified atom stereocenters. The molecule has 1 aromatic heterocycles. The molecule has 0 spiro atoms. The summed E-state index contributed by atoms with van der Waals surface area (Å²) in [4.78, 5) is 16.5. The number of nitrogens with zero attached hydrogens (tertiary/aromatic N) is 2. The molecule has 7 nitrogen and oxygen atoms in total. The Morgan fingerprint density at radius 1 is 1.12 bits per heavy atom. The van der Waals surface area contributed by atoms with E-state index >= 15 is 0 Å². The predicted molar refractivity (Wildman–Crippen MR) is 90.4 cm³/mol. The van der Waals surface area contributed by atoms with Gasteiger partial charge in [-0.15, -0.1) is 0 Å². The Kier molecular flexibility index (Phi) is 5.12. The molecule has 3 rings (SSSR count). The monoisotopic (exact) mass is 357 g/mol. The van der Waals surface area contributed by atoms with E-state index in [9.17, 15) is 9.18 Å². The van der Waals surface area contributed by atoms with Crippen LogP contribution < -0.4 is 14.8 Å². The van der Waals surface area contributed by atoms with Crippen LogP contribution in [0.15, 0.2) is 47.0 Å². The van der Waals surface area contributed by atoms with Crippen LogP contribution >= 0.6 is 0 Å². The van der Waals surface area contributed by atoms with Crippen LogP contribution in [0, 0.1) is 5.82 Å². The van der Waals surface area contributed by atoms with E-state index in [4.69, 9.17) is 14.0 Å². The van der Waals surface area contributed by atoms with E-state index in [-0.39, 0.29) is 24.2 Å². The molecule has 8 heteroatoms. The van der Waals surface area contributed by atoms with Crippen molar-refractivity contribution in [1.29, 1.82) is 0 Å². The topological polar surface area (TPSA) is 86.5 Å². The van der Waals surface area contributed by atoms with Crippen LogP contribution in [-0.4, -0.2) is 30.3 Å². The number of hydrogen-bond acceptors (Lipinski definition) is 6. The second-order valence-corrected chi connectivity index (χ2v) is 5.31. The van der Waals surface area contributed by atoms with E-state index in [0.29, 0.717) is 28.5 Å². The molecule has 0 atom stereocenters. The Bertz CT molecular complexity index is 887. The van der Waals surface area contributed by atoms with Gasteiger partial charge in [-0.2, -0.15) is 4.98 Å². The first kappa shape index (κ1) is 17.4. The summed E-state index contributed by atoms with van der Waals surface area (Å²) in [6.45, 7) is 0.0725. The number of rotatable bonds is 6. The third kappa shape index (κ3) is 3.97. The molecule has 3 aromatic rings. The lowest BCUT2D eigenvalue weighted by Gasteiger charge is -2.08. The summed E-state index contributed by atoms with van der Waals surface area (Å²) >= 11 is 0. The van der Waals surface area contributed by atoms with Gasteiger partial charge in [-0.1, -0.05) is 5.16 Å². The van der Waals surface area contributed by atoms with Crippen molar-refractivity contribution in [2.45, 2.75) is 6.54 Å². The molecule has 0 aliphatic heterocycles. The molecule has 2 aromatic carbocycles. The van der Waals surface area contributed by atoms with Crippen molar-refractivity contribution in [3.8, 4) is 23.0 Å². The average molecular weight is 357 g/mol. The SMILES string of the molecule is COc1cc(OC)cc(C(=O)NCc2noc(-c3ccc(F)cc3)n2)c1. The predicted octanol–water partition coefficient (Wildman–Crippen LogP) is 2.82. The zero-order valence-electron chi connectivity index (χ0n) is 14.2. The Balaban J connectivity index is 1.67. The van der Waals surface area contributed by atoms with E-state index in [2.05, 4.69) is 15.5 Å². The van der Waals surface area contributed by atoms with Crippen LogP contribution in [-0.2, 0) is 6.54 Å². The Labute approximate surface area is 148 Å². The maximum Gasteiger partial charge on any atom is 0.257 e. The van der Waals surface area contributed by atoms with Crippen LogP contribution in [0.25, 0.3) is 11.5 Å². The van der Waals surface area contributed by atoms with Gasteiger partial charge in [-0.3, -0.25) is 4.79 Å². The molecule has 0 radical (unpaired) electrons. The molecule has 0 saturated heterocycles. The molecule has 0 fully saturated rings. The van der Waals surface area contributed by atoms with Crippen LogP contribution in [0.2, 0.25) is 0 Å². The summed E-state index contributed by atoms with van der Waals surface area (Å²) in [7, 11) is 3.01. The number of hydrogen-bond donors (Lipinski definition) is 1. The molecule has 1 heterocycles. The lowest BCUT2D eigenvalue weighted by Crippen LogP contribution is -2.23. The average Bonchev–Trinajstić information content (AvgIpc) is 3.15. The van der Waals surface area contributed by atoms with E-state index in [1.54, 1.807) is 18.2 Å². The Hall–Kier alpha value is -3.42. The highest BCUT2D eigenvalue weighted by Gasteiger charge is 2.13. The molecule has 1 N–H and O–H groups in total. The van der Waals surface area contributed by atoms with Gasteiger partial charge in [0.15, 0.2) is 5.82 Å². The third-order valence-electron chi connectivity index (χ3n) is 3.58. The fourth-order valence-corrected chi connectivity index (χ4v) is 2.24. The molecule has 134 valence electrons. The zero-order chi connectivity index (χ0) is 18.5. The van der Waals surface area contributed by atoms with Crippen molar-refractivity contribution in [1.82, 2.24) is 15.5 Å². The van der Waals surface area contributed by atoms with Crippen molar-refractivity contribution in [2.75, 3.05) is 14.2 Å². The van der Waals surface area contributed by atoms with E-state index in [1.165, 1.54) is 38.5 Å². The summed E-state index contributed by atoms with van der Waals surface area (Å²) in [6, 6.07) is 10.5. The smallest absolute Gasteiger partial charge is 0.257 e. The van der Waals surface area contributed by atoms with E-state index < -0.39 is 0 Å². The number of ether oxygens (including phenoxy) is 2. The summed E-state index contributed by atoms with van der Waals surface area (Å²) in [5.41, 5.74) is 0.970. The Morgan fingerprint density at radius 3 is 2.38 bits per heavy atom. The first-order valence-corrected chi connectivity index (χ1v) is 7.69. The number of halogens is 1. The quantitative estimate of drug-likeness (QED) is 0.730. The molecular formula is C18H16FN3O4. The van der Waals surface area contributed by atoms with Gasteiger partial charge in [-0.25, -0.2) is 4.39 Å². The van der Waals surface area contributed by atoms with Crippen molar-refractivity contribution in [3.63, 3.8) is 0 Å². The van der Waals surface area contributed by atoms with Gasteiger partial charge < -0.3 is 19.3 Å². The summed E-state index contributed by atoms with van der Waals surface area (Å²) in [5.74, 6) is 0.870. The van der Waals surface area contributed by atoms with Gasteiger partial charge in [0.2, 0.25) is 0 Å². The van der Waals surface area contributed by atoms with Gasteiger partial charge >= 0.3 is 0 Å². The van der Waals surface area contributed by atoms with Crippen molar-refractivity contribution in [3.05, 3.63) is 59.7 Å². The fourth-order valence-electron chi connectivity index (χ4n) is 2.24. The Morgan fingerprint density at radius 2 is 1.77 bits per heavy atom. The van der Waals surface area contributed by atoms with E-state index in [0.717, 1.165) is 0 Å². The molecule has 0 saturated carbocycles. The maximum atomic E-state index is 13.0. The molecular weight excluding hydrogens is 341 g/mol. The van der Waals surface area contributed by atoms with Gasteiger partial charge in [0.05, 0.1) is 20.8 Å². The number of carbonyl (C=O) groups is 1. The second-order valence-electron chi connectivity index (χ2n) is 5.31. The summed E-state index contributed by atoms with van der Waals surface area (Å²) in [5, 5.41) is 6.50. The first-order valence-electron chi connectivity index (χ1n) is 7.69. The number of nitrogens with one attached hydrogen (secondary N) is 1. The van der Waals surface area contributed by atoms with Gasteiger partial charge in [0.25, 0.3) is 11.8 Å². The van der Waals surface area contributed by atoms with Crippen LogP contribution in [0.4, 0.5) is 4.39 Å². The molecule has 0 aliphatic carbocycles. The van der Waals surface area contributed by atoms with Crippen molar-refractivity contribution >= 4 is 5.91 Å². The number of aromatic nitrogens is 2. The van der Waals surface area contributed by atoms with Crippen LogP contribution in [0.3, 0.4) is 0 Å². The largest absolute Gasteiger partial charge is 0.497 e. The minimum absolute atomic E-state index is 0.0725. The third-order valence-corrected chi connectivity index (χ3v) is 3.58. The fraction of sp³-hybridized carbons (Fsp3) is 0.167. The van der Waals surface area contributed by atoms with Gasteiger partial charge in [-0.05, 0) is 36.4 Å². The summed E-state index contributed by atoms with van der Waals surface area (Å²) < 4.78 is 28.4. The first-order chi connectivity index (χ1) is 12.6. The van der Waals surface area contributed by atoms with Gasteiger partial charge in [0, 0.05) is 17.2 Å². The van der Waals surface area contributed by atoms with Crippen LogP contribution in [0.1, 0.15) is 16.2 Å². The molecule has 26 heavy (non-hydrogen) atoms. The van der Waals surface area contributed by atoms with E-state index in [1.807, 2.05) is 0 Å². The second kappa shape index (κ2) is 7.64.